The molecule has 0 bridgehead atoms. The van der Waals surface area contributed by atoms with Gasteiger partial charge in [-0.2, -0.15) is 0 Å². The van der Waals surface area contributed by atoms with Crippen LogP contribution < -0.4 is 10.5 Å². The number of methoxy groups -OCH3 is 1. The summed E-state index contributed by atoms with van der Waals surface area (Å²) in [6, 6.07) is 6.75. The van der Waals surface area contributed by atoms with Crippen molar-refractivity contribution in [1.29, 1.82) is 0 Å². The first-order chi connectivity index (χ1) is 16.9. The van der Waals surface area contributed by atoms with Crippen LogP contribution in [0.25, 0.3) is 10.9 Å². The van der Waals surface area contributed by atoms with Crippen LogP contribution in [0.3, 0.4) is 0 Å². The van der Waals surface area contributed by atoms with Crippen LogP contribution >= 0.6 is 34.7 Å². The van der Waals surface area contributed by atoms with E-state index in [4.69, 9.17) is 22.1 Å². The summed E-state index contributed by atoms with van der Waals surface area (Å²) in [7, 11) is 1.61. The minimum absolute atomic E-state index is 0.0404. The Morgan fingerprint density at radius 1 is 1.46 bits per heavy atom. The molecule has 6 nitrogen and oxygen atoms in total. The highest BCUT2D eigenvalue weighted by Gasteiger charge is 2.34. The first-order valence-electron chi connectivity index (χ1n) is 11.6. The molecule has 2 unspecified atom stereocenters. The first kappa shape index (κ1) is 26.2. The van der Waals surface area contributed by atoms with E-state index in [-0.39, 0.29) is 17.8 Å². The molecule has 0 radical (unpaired) electrons. The van der Waals surface area contributed by atoms with Crippen molar-refractivity contribution in [3.63, 3.8) is 0 Å². The van der Waals surface area contributed by atoms with E-state index in [9.17, 15) is 14.3 Å². The van der Waals surface area contributed by atoms with E-state index in [1.807, 2.05) is 18.2 Å². The van der Waals surface area contributed by atoms with Crippen LogP contribution in [0.5, 0.6) is 5.75 Å². The maximum atomic E-state index is 13.6. The Labute approximate surface area is 217 Å². The fourth-order valence-corrected chi connectivity index (χ4v) is 6.97. The number of thiophene rings is 1. The molecule has 4 rings (SSSR count). The Balaban J connectivity index is 1.37. The third-order valence-electron chi connectivity index (χ3n) is 6.67. The van der Waals surface area contributed by atoms with Gasteiger partial charge in [-0.1, -0.05) is 11.6 Å². The predicted octanol–water partition coefficient (Wildman–Crippen LogP) is 5.69. The fourth-order valence-electron chi connectivity index (χ4n) is 4.76. The largest absolute Gasteiger partial charge is 0.497 e. The number of nitrogens with zero attached hydrogens (tertiary/aromatic N) is 2. The molecule has 1 aliphatic heterocycles. The maximum absolute atomic E-state index is 13.6. The van der Waals surface area contributed by atoms with E-state index < -0.39 is 11.9 Å². The van der Waals surface area contributed by atoms with Gasteiger partial charge in [-0.3, -0.25) is 9.78 Å². The number of halogens is 2. The summed E-state index contributed by atoms with van der Waals surface area (Å²) in [4.78, 5) is 18.6. The van der Waals surface area contributed by atoms with Gasteiger partial charge in [-0.25, -0.2) is 4.39 Å². The Morgan fingerprint density at radius 2 is 2.29 bits per heavy atom. The number of nitrogens with two attached hydrogens (primary N) is 1. The molecule has 3 aromatic rings. The highest BCUT2D eigenvalue weighted by atomic mass is 35.5. The molecule has 1 saturated heterocycles. The number of likely N-dealkylation sites (tertiary alicyclic amines) is 1. The number of rotatable bonds is 10. The van der Waals surface area contributed by atoms with Crippen LogP contribution in [0, 0.1) is 17.7 Å². The number of hydrogen-bond donors (Lipinski definition) is 2. The van der Waals surface area contributed by atoms with E-state index in [1.54, 1.807) is 18.7 Å². The van der Waals surface area contributed by atoms with Crippen molar-refractivity contribution in [3.05, 3.63) is 52.2 Å². The topological polar surface area (TPSA) is 88.7 Å². The van der Waals surface area contributed by atoms with Gasteiger partial charge in [-0.15, -0.1) is 23.1 Å². The second kappa shape index (κ2) is 11.9. The Bertz CT molecular complexity index is 1180. The van der Waals surface area contributed by atoms with Crippen LogP contribution in [0.1, 0.15) is 30.9 Å². The number of carbonyl (C=O) groups is 1. The molecule has 3 heterocycles. The van der Waals surface area contributed by atoms with Crippen molar-refractivity contribution < 1.29 is 19.0 Å². The van der Waals surface area contributed by atoms with Gasteiger partial charge in [0.05, 0.1) is 27.8 Å². The highest BCUT2D eigenvalue weighted by molar-refractivity contribution is 8.01. The quantitative estimate of drug-likeness (QED) is 0.321. The second-order valence-electron chi connectivity index (χ2n) is 8.79. The van der Waals surface area contributed by atoms with E-state index in [0.29, 0.717) is 34.4 Å². The number of carboxylic acids is 1. The Kier molecular flexibility index (Phi) is 8.88. The van der Waals surface area contributed by atoms with E-state index in [0.717, 1.165) is 41.7 Å². The van der Waals surface area contributed by atoms with Crippen LogP contribution in [0.4, 0.5) is 4.39 Å². The van der Waals surface area contributed by atoms with E-state index in [1.165, 1.54) is 29.2 Å². The van der Waals surface area contributed by atoms with Gasteiger partial charge in [0.15, 0.2) is 0 Å². The maximum Gasteiger partial charge on any atom is 0.308 e. The molecule has 0 spiro atoms. The van der Waals surface area contributed by atoms with Crippen molar-refractivity contribution in [3.8, 4) is 5.75 Å². The number of carboxylic acid groups (broad SMARTS) is 1. The average molecular weight is 538 g/mol. The van der Waals surface area contributed by atoms with Crippen molar-refractivity contribution in [2.45, 2.75) is 29.5 Å². The van der Waals surface area contributed by atoms with Crippen molar-refractivity contribution in [2.75, 3.05) is 32.5 Å². The SMILES string of the molecule is COc1ccc2ncc(Cl)c([C@H](N)CCC3CCN(CCSc4sccc4F)CC3C(=O)O)c2c1. The van der Waals surface area contributed by atoms with Crippen molar-refractivity contribution >= 4 is 51.6 Å². The van der Waals surface area contributed by atoms with Gasteiger partial charge in [0.1, 0.15) is 11.6 Å². The summed E-state index contributed by atoms with van der Waals surface area (Å²) in [6.45, 7) is 2.06. The first-order valence-corrected chi connectivity index (χ1v) is 13.8. The zero-order chi connectivity index (χ0) is 24.9. The average Bonchev–Trinajstić information content (AvgIpc) is 3.26. The predicted molar refractivity (Wildman–Crippen MR) is 140 cm³/mol. The monoisotopic (exact) mass is 537 g/mol. The zero-order valence-electron chi connectivity index (χ0n) is 19.5. The van der Waals surface area contributed by atoms with Gasteiger partial charge in [0.2, 0.25) is 0 Å². The zero-order valence-corrected chi connectivity index (χ0v) is 21.8. The highest BCUT2D eigenvalue weighted by Crippen LogP contribution is 2.36. The van der Waals surface area contributed by atoms with E-state index >= 15 is 0 Å². The van der Waals surface area contributed by atoms with Gasteiger partial charge < -0.3 is 20.5 Å². The number of thioether (sulfide) groups is 1. The molecule has 35 heavy (non-hydrogen) atoms. The molecule has 1 fully saturated rings. The second-order valence-corrected chi connectivity index (χ2v) is 11.5. The van der Waals surface area contributed by atoms with Crippen molar-refractivity contribution in [1.82, 2.24) is 9.88 Å². The number of aliphatic carboxylic acids is 1. The number of fused-ring (bicyclic) bond motifs is 1. The summed E-state index contributed by atoms with van der Waals surface area (Å²) in [6.07, 6.45) is 3.73. The van der Waals surface area contributed by atoms with Gasteiger partial charge >= 0.3 is 5.97 Å². The number of piperidine rings is 1. The normalized spacial score (nSPS) is 19.7. The molecule has 0 saturated carbocycles. The lowest BCUT2D eigenvalue weighted by molar-refractivity contribution is -0.146. The van der Waals surface area contributed by atoms with Crippen LogP contribution in [0.15, 0.2) is 40.1 Å². The minimum atomic E-state index is -0.776. The lowest BCUT2D eigenvalue weighted by Crippen LogP contribution is -2.44. The van der Waals surface area contributed by atoms with Crippen LogP contribution in [0.2, 0.25) is 5.02 Å². The lowest BCUT2D eigenvalue weighted by atomic mass is 9.81. The number of ether oxygens (including phenoxy) is 1. The number of hydrogen-bond acceptors (Lipinski definition) is 7. The Morgan fingerprint density at radius 3 is 3.00 bits per heavy atom. The molecule has 3 atom stereocenters. The van der Waals surface area contributed by atoms with Gasteiger partial charge in [-0.05, 0) is 66.9 Å². The molecule has 1 aliphatic rings. The lowest BCUT2D eigenvalue weighted by Gasteiger charge is -2.37. The number of benzene rings is 1. The molecule has 10 heteroatoms. The summed E-state index contributed by atoms with van der Waals surface area (Å²) in [5.74, 6) is 0.0635. The van der Waals surface area contributed by atoms with Crippen LogP contribution in [-0.4, -0.2) is 53.5 Å². The number of aromatic nitrogens is 1. The summed E-state index contributed by atoms with van der Waals surface area (Å²) in [5.41, 5.74) is 8.21. The molecular weight excluding hydrogens is 509 g/mol. The smallest absolute Gasteiger partial charge is 0.308 e. The fraction of sp³-hybridized carbons (Fsp3) is 0.440. The molecule has 0 amide bonds. The molecule has 3 N–H and O–H groups in total. The molecular formula is C25H29ClFN3O3S2. The van der Waals surface area contributed by atoms with E-state index in [2.05, 4.69) is 9.88 Å². The minimum Gasteiger partial charge on any atom is -0.497 e. The summed E-state index contributed by atoms with van der Waals surface area (Å²) in [5, 5.41) is 13.0. The number of pyridine rings is 1. The molecule has 0 aliphatic carbocycles. The summed E-state index contributed by atoms with van der Waals surface area (Å²) < 4.78 is 19.7. The van der Waals surface area contributed by atoms with Crippen LogP contribution in [-0.2, 0) is 4.79 Å². The van der Waals surface area contributed by atoms with Gasteiger partial charge in [0.25, 0.3) is 0 Å². The standard InChI is InChI=1S/C25H29ClFN3O3S2/c1-33-16-3-5-22-17(12-16)23(19(26)13-29-22)21(28)4-2-15-6-8-30(14-18(15)24(31)32)9-11-35-25-20(27)7-10-34-25/h3,5,7,10,12-13,15,18,21H,2,4,6,8-9,11,14,28H2,1H3,(H,31,32)/t15?,18?,21-/m1/s1. The third-order valence-corrected chi connectivity index (χ3v) is 9.14. The Hall–Kier alpha value is -1.91. The summed E-state index contributed by atoms with van der Waals surface area (Å²) >= 11 is 9.38. The molecule has 1 aromatic carbocycles. The van der Waals surface area contributed by atoms with Crippen molar-refractivity contribution in [2.24, 2.45) is 17.6 Å². The molecule has 2 aromatic heterocycles. The molecule has 188 valence electrons. The third kappa shape index (κ3) is 6.27. The van der Waals surface area contributed by atoms with Gasteiger partial charge in [0, 0.05) is 36.5 Å².